The van der Waals surface area contributed by atoms with Gasteiger partial charge in [0.25, 0.3) is 0 Å². The van der Waals surface area contributed by atoms with E-state index in [2.05, 4.69) is 55.5 Å². The number of hydrogen-bond donors (Lipinski definition) is 2. The number of nitrogens with one attached hydrogen (secondary N) is 1. The van der Waals surface area contributed by atoms with E-state index in [9.17, 15) is 0 Å². The Hall–Kier alpha value is -1.82. The molecule has 0 bridgehead atoms. The van der Waals surface area contributed by atoms with E-state index < -0.39 is 0 Å². The van der Waals surface area contributed by atoms with Crippen molar-refractivity contribution >= 4 is 27.4 Å². The predicted molar refractivity (Wildman–Crippen MR) is 88.8 cm³/mol. The molecule has 1 saturated carbocycles. The maximum atomic E-state index is 6.35. The molecule has 2 heterocycles. The smallest absolute Gasteiger partial charge is 0.243 e. The molecule has 3 N–H and O–H groups in total. The number of rotatable bonds is 1. The van der Waals surface area contributed by atoms with Crippen LogP contribution in [-0.4, -0.2) is 15.6 Å². The van der Waals surface area contributed by atoms with E-state index >= 15 is 0 Å². The third-order valence-electron chi connectivity index (χ3n) is 4.61. The van der Waals surface area contributed by atoms with Crippen molar-refractivity contribution in [2.45, 2.75) is 37.3 Å². The topological polar surface area (TPSA) is 73.1 Å². The third-order valence-corrected chi connectivity index (χ3v) is 5.14. The van der Waals surface area contributed by atoms with Crippen LogP contribution in [0.4, 0.5) is 11.5 Å². The SMILES string of the molecule is Nc1ncnc2c1NC(c1ccc(Br)cc1)C1(CCCC1)O2. The summed E-state index contributed by atoms with van der Waals surface area (Å²) in [5, 5.41) is 3.54. The van der Waals surface area contributed by atoms with Crippen molar-refractivity contribution < 1.29 is 4.74 Å². The fourth-order valence-corrected chi connectivity index (χ4v) is 3.79. The standard InChI is InChI=1S/C16H17BrN4O/c17-11-5-3-10(4-6-11)13-16(7-1-2-8-16)22-15-12(21-13)14(18)19-9-20-15/h3-6,9,13,21H,1-2,7-8H2,(H2,18,19,20). The molecule has 5 nitrogen and oxygen atoms in total. The molecule has 1 unspecified atom stereocenters. The molecule has 1 aromatic carbocycles. The van der Waals surface area contributed by atoms with Gasteiger partial charge in [-0.3, -0.25) is 0 Å². The van der Waals surface area contributed by atoms with Crippen molar-refractivity contribution in [2.75, 3.05) is 11.1 Å². The van der Waals surface area contributed by atoms with Gasteiger partial charge in [0.2, 0.25) is 5.88 Å². The van der Waals surface area contributed by atoms with E-state index in [1.54, 1.807) is 0 Å². The van der Waals surface area contributed by atoms with E-state index in [-0.39, 0.29) is 11.6 Å². The second kappa shape index (κ2) is 5.12. The van der Waals surface area contributed by atoms with Crippen LogP contribution in [0.3, 0.4) is 0 Å². The van der Waals surface area contributed by atoms with Gasteiger partial charge in [0, 0.05) is 4.47 Å². The van der Waals surface area contributed by atoms with E-state index in [1.165, 1.54) is 24.7 Å². The van der Waals surface area contributed by atoms with E-state index in [0.717, 1.165) is 17.3 Å². The number of aromatic nitrogens is 2. The number of hydrogen-bond acceptors (Lipinski definition) is 5. The third kappa shape index (κ3) is 2.13. The molecule has 1 aromatic heterocycles. The Morgan fingerprint density at radius 2 is 1.91 bits per heavy atom. The number of fused-ring (bicyclic) bond motifs is 1. The number of nitrogens with zero attached hydrogens (tertiary/aromatic N) is 2. The molecule has 1 spiro atoms. The summed E-state index contributed by atoms with van der Waals surface area (Å²) >= 11 is 3.49. The minimum Gasteiger partial charge on any atom is -0.467 e. The first-order chi connectivity index (χ1) is 10.7. The number of ether oxygens (including phenoxy) is 1. The number of anilines is 2. The zero-order valence-electron chi connectivity index (χ0n) is 12.1. The molecule has 1 atom stereocenters. The number of nitrogen functional groups attached to an aromatic ring is 1. The maximum absolute atomic E-state index is 6.35. The second-order valence-corrected chi connectivity index (χ2v) is 6.86. The molecule has 1 aliphatic carbocycles. The van der Waals surface area contributed by atoms with Gasteiger partial charge >= 0.3 is 0 Å². The number of nitrogens with two attached hydrogens (primary N) is 1. The summed E-state index contributed by atoms with van der Waals surface area (Å²) in [4.78, 5) is 8.32. The highest BCUT2D eigenvalue weighted by Crippen LogP contribution is 2.50. The Labute approximate surface area is 137 Å². The van der Waals surface area contributed by atoms with Crippen LogP contribution in [0.5, 0.6) is 5.88 Å². The molecule has 2 aromatic rings. The first kappa shape index (κ1) is 13.8. The normalized spacial score (nSPS) is 22.0. The van der Waals surface area contributed by atoms with Gasteiger partial charge in [0.1, 0.15) is 17.6 Å². The zero-order chi connectivity index (χ0) is 15.2. The second-order valence-electron chi connectivity index (χ2n) is 5.94. The van der Waals surface area contributed by atoms with Crippen molar-refractivity contribution in [1.82, 2.24) is 9.97 Å². The van der Waals surface area contributed by atoms with Crippen molar-refractivity contribution in [1.29, 1.82) is 0 Å². The van der Waals surface area contributed by atoms with Crippen LogP contribution in [0.2, 0.25) is 0 Å². The van der Waals surface area contributed by atoms with Crippen molar-refractivity contribution in [2.24, 2.45) is 0 Å². The van der Waals surface area contributed by atoms with E-state index in [1.807, 2.05) is 0 Å². The van der Waals surface area contributed by atoms with Gasteiger partial charge in [-0.25, -0.2) is 4.98 Å². The minimum absolute atomic E-state index is 0.0592. The van der Waals surface area contributed by atoms with Gasteiger partial charge < -0.3 is 15.8 Å². The quantitative estimate of drug-likeness (QED) is 0.811. The van der Waals surface area contributed by atoms with Crippen LogP contribution < -0.4 is 15.8 Å². The summed E-state index contributed by atoms with van der Waals surface area (Å²) in [5.41, 5.74) is 7.64. The van der Waals surface area contributed by atoms with Gasteiger partial charge in [-0.1, -0.05) is 28.1 Å². The molecule has 114 valence electrons. The summed E-state index contributed by atoms with van der Waals surface area (Å²) in [5.74, 6) is 1.00. The molecular weight excluding hydrogens is 344 g/mol. The van der Waals surface area contributed by atoms with Gasteiger partial charge in [-0.15, -0.1) is 0 Å². The van der Waals surface area contributed by atoms with Gasteiger partial charge in [-0.2, -0.15) is 4.98 Å². The molecule has 1 fully saturated rings. The lowest BCUT2D eigenvalue weighted by Gasteiger charge is -2.43. The Kier molecular flexibility index (Phi) is 3.22. The fraction of sp³-hybridized carbons (Fsp3) is 0.375. The monoisotopic (exact) mass is 360 g/mol. The minimum atomic E-state index is -0.248. The predicted octanol–water partition coefficient (Wildman–Crippen LogP) is 3.68. The Balaban J connectivity index is 1.81. The largest absolute Gasteiger partial charge is 0.467 e. The van der Waals surface area contributed by atoms with Gasteiger partial charge in [0.15, 0.2) is 5.82 Å². The average molecular weight is 361 g/mol. The lowest BCUT2D eigenvalue weighted by molar-refractivity contribution is 0.0413. The summed E-state index contributed by atoms with van der Waals surface area (Å²) in [7, 11) is 0. The lowest BCUT2D eigenvalue weighted by Crippen LogP contribution is -2.46. The molecule has 1 aliphatic heterocycles. The molecule has 0 radical (unpaired) electrons. The Bertz CT molecular complexity index is 698. The first-order valence-electron chi connectivity index (χ1n) is 7.49. The van der Waals surface area contributed by atoms with E-state index in [0.29, 0.717) is 17.4 Å². The highest BCUT2D eigenvalue weighted by Gasteiger charge is 2.48. The Morgan fingerprint density at radius 3 is 2.64 bits per heavy atom. The van der Waals surface area contributed by atoms with Gasteiger partial charge in [0.05, 0.1) is 6.04 Å². The highest BCUT2D eigenvalue weighted by molar-refractivity contribution is 9.10. The summed E-state index contributed by atoms with van der Waals surface area (Å²) in [6, 6.07) is 8.41. The molecule has 6 heteroatoms. The molecule has 0 amide bonds. The fourth-order valence-electron chi connectivity index (χ4n) is 3.53. The summed E-state index contributed by atoms with van der Waals surface area (Å²) in [6.07, 6.45) is 5.84. The molecular formula is C16H17BrN4O. The molecule has 0 saturated heterocycles. The van der Waals surface area contributed by atoms with Crippen molar-refractivity contribution in [3.63, 3.8) is 0 Å². The zero-order valence-corrected chi connectivity index (χ0v) is 13.6. The van der Waals surface area contributed by atoms with Crippen LogP contribution in [0.1, 0.15) is 37.3 Å². The van der Waals surface area contributed by atoms with Crippen LogP contribution >= 0.6 is 15.9 Å². The van der Waals surface area contributed by atoms with Crippen molar-refractivity contribution in [3.8, 4) is 5.88 Å². The lowest BCUT2D eigenvalue weighted by atomic mass is 9.85. The summed E-state index contributed by atoms with van der Waals surface area (Å²) < 4.78 is 7.42. The van der Waals surface area contributed by atoms with Crippen LogP contribution in [0.15, 0.2) is 35.1 Å². The molecule has 4 rings (SSSR count). The van der Waals surface area contributed by atoms with Crippen LogP contribution in [-0.2, 0) is 0 Å². The molecule has 2 aliphatic rings. The van der Waals surface area contributed by atoms with Gasteiger partial charge in [-0.05, 0) is 43.4 Å². The van der Waals surface area contributed by atoms with Crippen molar-refractivity contribution in [3.05, 3.63) is 40.6 Å². The average Bonchev–Trinajstić information content (AvgIpc) is 2.97. The first-order valence-corrected chi connectivity index (χ1v) is 8.29. The highest BCUT2D eigenvalue weighted by atomic mass is 79.9. The van der Waals surface area contributed by atoms with Crippen LogP contribution in [0, 0.1) is 0 Å². The number of halogens is 1. The summed E-state index contributed by atoms with van der Waals surface area (Å²) in [6.45, 7) is 0. The maximum Gasteiger partial charge on any atom is 0.243 e. The number of benzene rings is 1. The Morgan fingerprint density at radius 1 is 1.18 bits per heavy atom. The molecule has 22 heavy (non-hydrogen) atoms. The van der Waals surface area contributed by atoms with E-state index in [4.69, 9.17) is 10.5 Å². The van der Waals surface area contributed by atoms with Crippen LogP contribution in [0.25, 0.3) is 0 Å².